The molecule has 0 saturated heterocycles. The third-order valence-corrected chi connectivity index (χ3v) is 3.88. The van der Waals surface area contributed by atoms with Gasteiger partial charge in [0.05, 0.1) is 17.3 Å². The molecule has 0 aliphatic heterocycles. The molecule has 0 fully saturated rings. The normalized spacial score (nSPS) is 11.9. The summed E-state index contributed by atoms with van der Waals surface area (Å²) >= 11 is 0. The third-order valence-electron chi connectivity index (χ3n) is 3.88. The van der Waals surface area contributed by atoms with E-state index in [0.717, 1.165) is 15.7 Å². The van der Waals surface area contributed by atoms with Gasteiger partial charge in [-0.25, -0.2) is 9.36 Å². The number of nitriles is 1. The molecule has 1 atom stereocenters. The molecule has 0 spiro atoms. The summed E-state index contributed by atoms with van der Waals surface area (Å²) in [4.78, 5) is 14.2. The average molecular weight is 321 g/mol. The van der Waals surface area contributed by atoms with Crippen LogP contribution in [0.25, 0.3) is 11.1 Å². The first-order valence-electron chi connectivity index (χ1n) is 7.30. The number of aromatic nitrogens is 2. The highest BCUT2D eigenvalue weighted by molar-refractivity contribution is 5.64. The summed E-state index contributed by atoms with van der Waals surface area (Å²) in [6, 6.07) is 16.2. The first-order chi connectivity index (χ1) is 11.5. The van der Waals surface area contributed by atoms with Gasteiger partial charge in [-0.15, -0.1) is 0 Å². The topological polar surface area (TPSA) is 102 Å². The van der Waals surface area contributed by atoms with Gasteiger partial charge in [-0.1, -0.05) is 36.4 Å². The van der Waals surface area contributed by atoms with Crippen molar-refractivity contribution in [1.82, 2.24) is 9.55 Å². The number of nitrogens with zero attached hydrogens (tertiary/aromatic N) is 2. The predicted molar refractivity (Wildman–Crippen MR) is 88.4 cm³/mol. The quantitative estimate of drug-likeness (QED) is 0.688. The summed E-state index contributed by atoms with van der Waals surface area (Å²) in [5, 5.41) is 29.0. The lowest BCUT2D eigenvalue weighted by Crippen LogP contribution is -2.22. The maximum Gasteiger partial charge on any atom is 0.331 e. The summed E-state index contributed by atoms with van der Waals surface area (Å²) in [5.74, 6) is -0.288. The van der Waals surface area contributed by atoms with Crippen molar-refractivity contribution in [2.75, 3.05) is 0 Å². The van der Waals surface area contributed by atoms with E-state index in [2.05, 4.69) is 11.1 Å². The van der Waals surface area contributed by atoms with Crippen LogP contribution >= 0.6 is 0 Å². The predicted octanol–water partition coefficient (Wildman–Crippen LogP) is 2.27. The van der Waals surface area contributed by atoms with E-state index in [-0.39, 0.29) is 5.88 Å². The monoisotopic (exact) mass is 321 g/mol. The van der Waals surface area contributed by atoms with Crippen LogP contribution in [0.2, 0.25) is 0 Å². The van der Waals surface area contributed by atoms with Crippen LogP contribution in [-0.4, -0.2) is 19.8 Å². The Morgan fingerprint density at radius 3 is 2.08 bits per heavy atom. The molecule has 3 aromatic rings. The van der Waals surface area contributed by atoms with E-state index in [4.69, 9.17) is 5.26 Å². The van der Waals surface area contributed by atoms with E-state index in [0.29, 0.717) is 16.8 Å². The number of nitrogens with one attached hydrogen (secondary N) is 1. The van der Waals surface area contributed by atoms with Crippen molar-refractivity contribution >= 4 is 0 Å². The van der Waals surface area contributed by atoms with Crippen molar-refractivity contribution in [3.63, 3.8) is 0 Å². The Labute approximate surface area is 137 Å². The highest BCUT2D eigenvalue weighted by Gasteiger charge is 2.18. The van der Waals surface area contributed by atoms with Crippen molar-refractivity contribution in [3.8, 4) is 23.1 Å². The van der Waals surface area contributed by atoms with Crippen LogP contribution < -0.4 is 5.69 Å². The van der Waals surface area contributed by atoms with Crippen LogP contribution in [0, 0.1) is 18.3 Å². The Hall–Kier alpha value is -3.30. The fourth-order valence-corrected chi connectivity index (χ4v) is 2.51. The molecule has 6 heteroatoms. The van der Waals surface area contributed by atoms with Gasteiger partial charge in [0.2, 0.25) is 5.88 Å². The molecule has 0 amide bonds. The van der Waals surface area contributed by atoms with Gasteiger partial charge in [-0.2, -0.15) is 5.26 Å². The highest BCUT2D eigenvalue weighted by atomic mass is 16.3. The zero-order chi connectivity index (χ0) is 17.3. The maximum atomic E-state index is 11.8. The summed E-state index contributed by atoms with van der Waals surface area (Å²) < 4.78 is 0.895. The fourth-order valence-electron chi connectivity index (χ4n) is 2.51. The van der Waals surface area contributed by atoms with Crippen LogP contribution in [0.4, 0.5) is 0 Å². The number of imidazole rings is 1. The lowest BCUT2D eigenvalue weighted by atomic mass is 10.0. The standard InChI is InChI=1S/C18H15N3O3/c1-11-16(22)21(18(24)20-11)17(23)15-8-6-14(7-9-15)13-4-2-12(10-19)3-5-13/h2-9,17,22-23H,1H3,(H,20,24). The van der Waals surface area contributed by atoms with Gasteiger partial charge in [0.25, 0.3) is 0 Å². The first kappa shape index (κ1) is 15.6. The molecule has 1 heterocycles. The van der Waals surface area contributed by atoms with Crippen LogP contribution in [0.15, 0.2) is 53.3 Å². The largest absolute Gasteiger partial charge is 0.493 e. The lowest BCUT2D eigenvalue weighted by Gasteiger charge is -2.13. The summed E-state index contributed by atoms with van der Waals surface area (Å²) in [6.45, 7) is 1.55. The first-order valence-corrected chi connectivity index (χ1v) is 7.30. The number of H-pyrrole nitrogens is 1. The number of hydrogen-bond donors (Lipinski definition) is 3. The molecule has 2 aromatic carbocycles. The molecule has 1 aromatic heterocycles. The summed E-state index contributed by atoms with van der Waals surface area (Å²) in [7, 11) is 0. The van der Waals surface area contributed by atoms with E-state index in [1.54, 1.807) is 31.2 Å². The number of aromatic hydroxyl groups is 1. The number of aliphatic hydroxyl groups excluding tert-OH is 1. The van der Waals surface area contributed by atoms with E-state index in [9.17, 15) is 15.0 Å². The van der Waals surface area contributed by atoms with Gasteiger partial charge in [-0.3, -0.25) is 0 Å². The van der Waals surface area contributed by atoms with Gasteiger partial charge in [0.1, 0.15) is 0 Å². The Bertz CT molecular complexity index is 961. The average Bonchev–Trinajstić information content (AvgIpc) is 2.87. The number of rotatable bonds is 3. The third kappa shape index (κ3) is 2.69. The molecule has 0 aliphatic carbocycles. The molecule has 1 unspecified atom stereocenters. The van der Waals surface area contributed by atoms with E-state index >= 15 is 0 Å². The molecular weight excluding hydrogens is 306 g/mol. The van der Waals surface area contributed by atoms with Crippen molar-refractivity contribution < 1.29 is 10.2 Å². The van der Waals surface area contributed by atoms with Crippen molar-refractivity contribution in [3.05, 3.63) is 75.8 Å². The molecule has 0 radical (unpaired) electrons. The Kier molecular flexibility index (Phi) is 3.94. The van der Waals surface area contributed by atoms with Crippen molar-refractivity contribution in [2.24, 2.45) is 0 Å². The van der Waals surface area contributed by atoms with Gasteiger partial charge in [0, 0.05) is 5.56 Å². The van der Waals surface area contributed by atoms with Gasteiger partial charge in [-0.05, 0) is 30.2 Å². The van der Waals surface area contributed by atoms with Gasteiger partial charge >= 0.3 is 5.69 Å². The molecular formula is C18H15N3O3. The smallest absolute Gasteiger partial charge is 0.331 e. The van der Waals surface area contributed by atoms with Crippen LogP contribution in [0.1, 0.15) is 23.0 Å². The molecule has 6 nitrogen and oxygen atoms in total. The highest BCUT2D eigenvalue weighted by Crippen LogP contribution is 2.25. The van der Waals surface area contributed by atoms with E-state index < -0.39 is 11.9 Å². The lowest BCUT2D eigenvalue weighted by molar-refractivity contribution is 0.132. The number of aryl methyl sites for hydroxylation is 1. The molecule has 0 saturated carbocycles. The second kappa shape index (κ2) is 6.07. The summed E-state index contributed by atoms with van der Waals surface area (Å²) in [5.41, 5.74) is 2.64. The number of hydrogen-bond acceptors (Lipinski definition) is 4. The molecule has 0 aliphatic rings. The minimum Gasteiger partial charge on any atom is -0.493 e. The zero-order valence-corrected chi connectivity index (χ0v) is 12.9. The molecule has 3 rings (SSSR count). The van der Waals surface area contributed by atoms with Crippen molar-refractivity contribution in [1.29, 1.82) is 5.26 Å². The Morgan fingerprint density at radius 1 is 1.08 bits per heavy atom. The minimum absolute atomic E-state index is 0.288. The molecule has 24 heavy (non-hydrogen) atoms. The Morgan fingerprint density at radius 2 is 1.62 bits per heavy atom. The summed E-state index contributed by atoms with van der Waals surface area (Å²) in [6.07, 6.45) is -1.28. The van der Waals surface area contributed by atoms with Crippen molar-refractivity contribution in [2.45, 2.75) is 13.2 Å². The van der Waals surface area contributed by atoms with Crippen LogP contribution in [0.3, 0.4) is 0 Å². The number of aliphatic hydroxyl groups is 1. The van der Waals surface area contributed by atoms with Crippen LogP contribution in [-0.2, 0) is 0 Å². The zero-order valence-electron chi connectivity index (χ0n) is 12.9. The SMILES string of the molecule is Cc1[nH]c(=O)n(C(O)c2ccc(-c3ccc(C#N)cc3)cc2)c1O. The number of aromatic amines is 1. The van der Waals surface area contributed by atoms with E-state index in [1.165, 1.54) is 0 Å². The molecule has 0 bridgehead atoms. The molecule has 3 N–H and O–H groups in total. The van der Waals surface area contributed by atoms with Crippen LogP contribution in [0.5, 0.6) is 5.88 Å². The maximum absolute atomic E-state index is 11.8. The number of benzene rings is 2. The second-order valence-corrected chi connectivity index (χ2v) is 5.43. The fraction of sp³-hybridized carbons (Fsp3) is 0.111. The van der Waals surface area contributed by atoms with Gasteiger partial charge < -0.3 is 15.2 Å². The Balaban J connectivity index is 1.91. The molecule has 120 valence electrons. The second-order valence-electron chi connectivity index (χ2n) is 5.43. The van der Waals surface area contributed by atoms with Gasteiger partial charge in [0.15, 0.2) is 6.23 Å². The van der Waals surface area contributed by atoms with E-state index in [1.807, 2.05) is 24.3 Å². The minimum atomic E-state index is -1.28.